The van der Waals surface area contributed by atoms with Gasteiger partial charge in [0.2, 0.25) is 11.8 Å². The molecular formula is C33H33F2N4O6PS. The average molecular weight is 683 g/mol. The van der Waals surface area contributed by atoms with Gasteiger partial charge in [-0.05, 0) is 73.1 Å². The molecule has 3 saturated heterocycles. The molecule has 47 heavy (non-hydrogen) atoms. The Morgan fingerprint density at radius 3 is 2.49 bits per heavy atom. The van der Waals surface area contributed by atoms with E-state index in [1.807, 2.05) is 30.3 Å². The topological polar surface area (TPSA) is 151 Å². The summed E-state index contributed by atoms with van der Waals surface area (Å²) < 4.78 is 40.5. The summed E-state index contributed by atoms with van der Waals surface area (Å²) in [5.74, 6) is -0.852. The van der Waals surface area contributed by atoms with E-state index in [1.54, 1.807) is 9.80 Å². The van der Waals surface area contributed by atoms with Crippen molar-refractivity contribution in [2.45, 2.75) is 61.8 Å². The van der Waals surface area contributed by atoms with E-state index in [4.69, 9.17) is 9.79 Å². The van der Waals surface area contributed by atoms with Gasteiger partial charge in [-0.15, -0.1) is 11.3 Å². The first kappa shape index (κ1) is 31.9. The Morgan fingerprint density at radius 2 is 1.77 bits per heavy atom. The molecule has 0 bridgehead atoms. The van der Waals surface area contributed by atoms with Crippen LogP contribution in [0.25, 0.3) is 10.1 Å². The Morgan fingerprint density at radius 1 is 1.02 bits per heavy atom. The molecule has 1 aliphatic carbocycles. The molecule has 1 saturated carbocycles. The normalized spacial score (nSPS) is 29.1. The van der Waals surface area contributed by atoms with E-state index in [0.717, 1.165) is 41.9 Å². The lowest BCUT2D eigenvalue weighted by atomic mass is 9.90. The predicted molar refractivity (Wildman–Crippen MR) is 168 cm³/mol. The number of hydrogen-bond acceptors (Lipinski definition) is 6. The largest absolute Gasteiger partial charge is 0.399 e. The number of thiophene rings is 1. The second-order valence-corrected chi connectivity index (χ2v) is 15.9. The summed E-state index contributed by atoms with van der Waals surface area (Å²) in [6.07, 6.45) is 3.37. The van der Waals surface area contributed by atoms with Gasteiger partial charge in [0.25, 0.3) is 5.91 Å². The van der Waals surface area contributed by atoms with Gasteiger partial charge in [0.1, 0.15) is 12.1 Å². The van der Waals surface area contributed by atoms with Crippen molar-refractivity contribution >= 4 is 46.7 Å². The maximum Gasteiger partial charge on any atom is 0.399 e. The lowest BCUT2D eigenvalue weighted by Crippen LogP contribution is -2.57. The summed E-state index contributed by atoms with van der Waals surface area (Å²) in [6, 6.07) is 14.9. The lowest BCUT2D eigenvalue weighted by molar-refractivity contribution is -0.146. The van der Waals surface area contributed by atoms with Crippen LogP contribution in [0.3, 0.4) is 0 Å². The van der Waals surface area contributed by atoms with Crippen LogP contribution in [0.15, 0.2) is 54.6 Å². The van der Waals surface area contributed by atoms with Crippen LogP contribution in [0.4, 0.5) is 8.78 Å². The van der Waals surface area contributed by atoms with E-state index >= 15 is 0 Å². The fourth-order valence-electron chi connectivity index (χ4n) is 7.73. The molecule has 3 aromatic rings. The van der Waals surface area contributed by atoms with Crippen molar-refractivity contribution in [2.75, 3.05) is 13.1 Å². The molecule has 1 unspecified atom stereocenters. The van der Waals surface area contributed by atoms with E-state index in [-0.39, 0.29) is 52.4 Å². The highest BCUT2D eigenvalue weighted by Crippen LogP contribution is 2.59. The number of halogens is 2. The Balaban J connectivity index is 1.10. The van der Waals surface area contributed by atoms with Crippen molar-refractivity contribution < 1.29 is 37.5 Å². The van der Waals surface area contributed by atoms with Crippen LogP contribution in [-0.2, 0) is 19.8 Å². The number of nitriles is 1. The van der Waals surface area contributed by atoms with Crippen LogP contribution in [-0.4, -0.2) is 68.5 Å². The number of carbonyl (C=O) groups excluding carboxylic acids is 3. The Labute approximate surface area is 273 Å². The minimum atomic E-state index is -5.76. The molecule has 3 amide bonds. The summed E-state index contributed by atoms with van der Waals surface area (Å²) in [6.45, 7) is 0.680. The minimum Gasteiger partial charge on any atom is -0.340 e. The molecule has 7 atom stereocenters. The smallest absolute Gasteiger partial charge is 0.340 e. The van der Waals surface area contributed by atoms with Crippen LogP contribution in [0, 0.1) is 29.1 Å². The summed E-state index contributed by atoms with van der Waals surface area (Å²) in [7, 11) is -5.76. The quantitative estimate of drug-likeness (QED) is 0.317. The first-order chi connectivity index (χ1) is 22.4. The summed E-state index contributed by atoms with van der Waals surface area (Å²) in [4.78, 5) is 63.5. The zero-order valence-electron chi connectivity index (χ0n) is 25.2. The highest BCUT2D eigenvalue weighted by Gasteiger charge is 2.53. The molecule has 4 aliphatic rings. The maximum absolute atomic E-state index is 14.3. The first-order valence-electron chi connectivity index (χ1n) is 15.7. The number of hydrogen-bond donors (Lipinski definition) is 3. The molecule has 14 heteroatoms. The third-order valence-electron chi connectivity index (χ3n) is 10.3. The number of nitrogens with zero attached hydrogens (tertiary/aromatic N) is 3. The van der Waals surface area contributed by atoms with Gasteiger partial charge in [0, 0.05) is 35.3 Å². The molecule has 10 nitrogen and oxygen atoms in total. The molecule has 1 aromatic heterocycles. The zero-order valence-corrected chi connectivity index (χ0v) is 26.9. The Kier molecular flexibility index (Phi) is 7.99. The number of likely N-dealkylation sites (tertiary alicyclic amines) is 1. The van der Waals surface area contributed by atoms with E-state index in [9.17, 15) is 33.0 Å². The van der Waals surface area contributed by atoms with Crippen LogP contribution >= 0.6 is 18.9 Å². The summed E-state index contributed by atoms with van der Waals surface area (Å²) in [5.41, 5.74) is -4.25. The van der Waals surface area contributed by atoms with E-state index in [0.29, 0.717) is 36.4 Å². The van der Waals surface area contributed by atoms with Gasteiger partial charge >= 0.3 is 13.3 Å². The van der Waals surface area contributed by atoms with Crippen LogP contribution in [0.5, 0.6) is 0 Å². The number of nitrogens with one attached hydrogen (secondary N) is 1. The maximum atomic E-state index is 14.3. The van der Waals surface area contributed by atoms with Gasteiger partial charge < -0.3 is 24.9 Å². The monoisotopic (exact) mass is 682 g/mol. The molecule has 0 spiro atoms. The molecule has 0 radical (unpaired) electrons. The summed E-state index contributed by atoms with van der Waals surface area (Å²) in [5, 5.41) is 13.0. The molecule has 246 valence electrons. The van der Waals surface area contributed by atoms with Gasteiger partial charge in [-0.2, -0.15) is 14.0 Å². The number of benzene rings is 2. The predicted octanol–water partition coefficient (Wildman–Crippen LogP) is 4.78. The van der Waals surface area contributed by atoms with Crippen molar-refractivity contribution in [1.29, 1.82) is 5.26 Å². The average Bonchev–Trinajstić information content (AvgIpc) is 3.39. The van der Waals surface area contributed by atoms with Crippen molar-refractivity contribution in [2.24, 2.45) is 17.8 Å². The second-order valence-electron chi connectivity index (χ2n) is 13.2. The van der Waals surface area contributed by atoms with Gasteiger partial charge in [-0.25, -0.2) is 0 Å². The van der Waals surface area contributed by atoms with Crippen molar-refractivity contribution in [1.82, 2.24) is 15.1 Å². The fraction of sp³-hybridized carbons (Fsp3) is 0.455. The van der Waals surface area contributed by atoms with Crippen molar-refractivity contribution in [3.05, 3.63) is 70.6 Å². The van der Waals surface area contributed by atoms with Gasteiger partial charge in [0.15, 0.2) is 0 Å². The third kappa shape index (κ3) is 5.75. The van der Waals surface area contributed by atoms with Gasteiger partial charge in [-0.1, -0.05) is 36.4 Å². The van der Waals surface area contributed by atoms with E-state index in [1.165, 1.54) is 12.1 Å². The SMILES string of the molecule is N#C[C@@H]1CN(C(=O)[C@@H]2CC[C@@H]3C[C@@H]4C[C@@H]4CC(NC(=O)c4cc5cc(C(F)(F)P(=O)(O)O)ccc5s4)C(=O)N32)C[C@H]1c1ccccc1. The zero-order chi connectivity index (χ0) is 33.2. The van der Waals surface area contributed by atoms with Gasteiger partial charge in [-0.3, -0.25) is 18.9 Å². The number of amides is 3. The molecule has 7 rings (SSSR count). The molecule has 3 aliphatic heterocycles. The second kappa shape index (κ2) is 11.8. The Bertz CT molecular complexity index is 1840. The molecule has 2 aromatic carbocycles. The molecule has 4 fully saturated rings. The standard InChI is InChI=1S/C33H33F2N4O6PS/c34-33(35,46(43,44)45)23-6-9-28-21(11-23)14-29(47-28)30(40)37-26-13-20-10-19(20)12-24-7-8-27(39(24)31(26)41)32(42)38-16-22(15-36)25(17-38)18-4-2-1-3-5-18/h1-6,9,11,14,19-20,22,24-27H,7-8,10,12-13,16-17H2,(H,37,40)(H2,43,44,45)/t19-,20+,22+,24+,25-,26?,27-/m0/s1. The van der Waals surface area contributed by atoms with Gasteiger partial charge in [0.05, 0.1) is 16.9 Å². The van der Waals surface area contributed by atoms with Crippen molar-refractivity contribution in [3.63, 3.8) is 0 Å². The summed E-state index contributed by atoms with van der Waals surface area (Å²) >= 11 is 1.02. The highest BCUT2D eigenvalue weighted by molar-refractivity contribution is 7.52. The molecule has 3 N–H and O–H groups in total. The Hall–Kier alpha value is -3.69. The number of alkyl halides is 2. The fourth-order valence-corrected chi connectivity index (χ4v) is 9.16. The first-order valence-corrected chi connectivity index (χ1v) is 18.1. The van der Waals surface area contributed by atoms with Crippen LogP contribution < -0.4 is 5.32 Å². The van der Waals surface area contributed by atoms with Crippen LogP contribution in [0.1, 0.15) is 58.8 Å². The minimum absolute atomic E-state index is 0.120. The number of carbonyl (C=O) groups is 3. The number of fused-ring (bicyclic) bond motifs is 3. The lowest BCUT2D eigenvalue weighted by Gasteiger charge is -2.36. The van der Waals surface area contributed by atoms with Crippen LogP contribution in [0.2, 0.25) is 0 Å². The molecular weight excluding hydrogens is 649 g/mol. The molecule has 4 heterocycles. The van der Waals surface area contributed by atoms with Crippen molar-refractivity contribution in [3.8, 4) is 6.07 Å². The number of rotatable bonds is 6. The third-order valence-corrected chi connectivity index (χ3v) is 12.4. The van der Waals surface area contributed by atoms with E-state index in [2.05, 4.69) is 11.4 Å². The van der Waals surface area contributed by atoms with E-state index < -0.39 is 36.8 Å². The highest BCUT2D eigenvalue weighted by atomic mass is 32.1.